The van der Waals surface area contributed by atoms with Crippen molar-refractivity contribution in [3.05, 3.63) is 0 Å². The molecule has 1 saturated heterocycles. The molecule has 3 N–H and O–H groups in total. The zero-order valence-electron chi connectivity index (χ0n) is 5.38. The fraction of sp³-hybridized carbons (Fsp3) is 1.00. The highest BCUT2D eigenvalue weighted by Gasteiger charge is 2.16. The van der Waals surface area contributed by atoms with Crippen molar-refractivity contribution in [2.45, 2.75) is 19.1 Å². The molecule has 54 valence electrons. The van der Waals surface area contributed by atoms with Gasteiger partial charge in [-0.15, -0.1) is 0 Å². The van der Waals surface area contributed by atoms with Crippen molar-refractivity contribution in [1.82, 2.24) is 5.32 Å². The molecule has 3 heteroatoms. The Balaban J connectivity index is 2.18. The van der Waals surface area contributed by atoms with E-state index in [4.69, 9.17) is 10.2 Å². The van der Waals surface area contributed by atoms with Gasteiger partial charge in [0.2, 0.25) is 0 Å². The molecule has 1 heterocycles. The lowest BCUT2D eigenvalue weighted by Crippen LogP contribution is -2.39. The summed E-state index contributed by atoms with van der Waals surface area (Å²) in [5, 5.41) is 20.5. The summed E-state index contributed by atoms with van der Waals surface area (Å²) in [7, 11) is 0. The van der Waals surface area contributed by atoms with Crippen LogP contribution < -0.4 is 5.32 Å². The van der Waals surface area contributed by atoms with Crippen molar-refractivity contribution < 1.29 is 10.2 Å². The minimum atomic E-state index is -0.340. The highest BCUT2D eigenvalue weighted by atomic mass is 16.3. The van der Waals surface area contributed by atoms with E-state index in [1.165, 1.54) is 0 Å². The molecule has 0 amide bonds. The highest BCUT2D eigenvalue weighted by molar-refractivity contribution is 4.70. The fourth-order valence-corrected chi connectivity index (χ4v) is 1.06. The Hall–Kier alpha value is -0.120. The number of nitrogens with one attached hydrogen (secondary N) is 1. The summed E-state index contributed by atoms with van der Waals surface area (Å²) >= 11 is 0. The van der Waals surface area contributed by atoms with Gasteiger partial charge in [-0.25, -0.2) is 0 Å². The van der Waals surface area contributed by atoms with Crippen LogP contribution in [0.4, 0.5) is 0 Å². The van der Waals surface area contributed by atoms with Crippen LogP contribution in [0.5, 0.6) is 0 Å². The number of hydrogen-bond donors (Lipinski definition) is 3. The van der Waals surface area contributed by atoms with Gasteiger partial charge < -0.3 is 10.2 Å². The zero-order valence-corrected chi connectivity index (χ0v) is 5.38. The van der Waals surface area contributed by atoms with Crippen molar-refractivity contribution in [3.63, 3.8) is 0 Å². The van der Waals surface area contributed by atoms with Crippen LogP contribution in [0.25, 0.3) is 0 Å². The minimum absolute atomic E-state index is 0.236. The molecule has 3 nitrogen and oxygen atoms in total. The average molecular weight is 131 g/mol. The summed E-state index contributed by atoms with van der Waals surface area (Å²) in [5.41, 5.74) is 0. The minimum Gasteiger partial charge on any atom is -0.396 e. The first-order valence-corrected chi connectivity index (χ1v) is 3.35. The van der Waals surface area contributed by atoms with Crippen LogP contribution in [-0.4, -0.2) is 29.6 Å². The second-order valence-electron chi connectivity index (χ2n) is 2.55. The van der Waals surface area contributed by atoms with Gasteiger partial charge in [0.05, 0.1) is 0 Å². The van der Waals surface area contributed by atoms with E-state index >= 15 is 0 Å². The van der Waals surface area contributed by atoms with E-state index in [0.29, 0.717) is 5.92 Å². The van der Waals surface area contributed by atoms with Gasteiger partial charge in [0.25, 0.3) is 0 Å². The molecule has 1 aliphatic heterocycles. The van der Waals surface area contributed by atoms with Crippen LogP contribution in [0.15, 0.2) is 0 Å². The van der Waals surface area contributed by atoms with Gasteiger partial charge in [-0.05, 0) is 18.8 Å². The van der Waals surface area contributed by atoms with Gasteiger partial charge in [0, 0.05) is 13.2 Å². The van der Waals surface area contributed by atoms with Crippen molar-refractivity contribution in [1.29, 1.82) is 0 Å². The second kappa shape index (κ2) is 3.15. The van der Waals surface area contributed by atoms with Gasteiger partial charge in [-0.3, -0.25) is 5.32 Å². The average Bonchev–Trinajstić information content (AvgIpc) is 1.90. The Morgan fingerprint density at radius 2 is 2.22 bits per heavy atom. The summed E-state index contributed by atoms with van der Waals surface area (Å²) in [5.74, 6) is 0.355. The molecule has 0 spiro atoms. The van der Waals surface area contributed by atoms with Crippen LogP contribution in [0.2, 0.25) is 0 Å². The third-order valence-electron chi connectivity index (χ3n) is 1.75. The lowest BCUT2D eigenvalue weighted by molar-refractivity contribution is 0.0718. The largest absolute Gasteiger partial charge is 0.396 e. The van der Waals surface area contributed by atoms with E-state index in [1.807, 2.05) is 0 Å². The zero-order chi connectivity index (χ0) is 6.69. The van der Waals surface area contributed by atoms with Gasteiger partial charge >= 0.3 is 0 Å². The van der Waals surface area contributed by atoms with E-state index in [2.05, 4.69) is 5.32 Å². The van der Waals surface area contributed by atoms with Crippen LogP contribution in [0, 0.1) is 5.92 Å². The topological polar surface area (TPSA) is 52.5 Å². The third kappa shape index (κ3) is 1.93. The van der Waals surface area contributed by atoms with Crippen molar-refractivity contribution in [3.8, 4) is 0 Å². The first kappa shape index (κ1) is 6.99. The van der Waals surface area contributed by atoms with Crippen LogP contribution in [0.3, 0.4) is 0 Å². The van der Waals surface area contributed by atoms with E-state index in [9.17, 15) is 0 Å². The van der Waals surface area contributed by atoms with Crippen molar-refractivity contribution in [2.24, 2.45) is 5.92 Å². The van der Waals surface area contributed by atoms with Crippen LogP contribution in [-0.2, 0) is 0 Å². The fourth-order valence-electron chi connectivity index (χ4n) is 1.06. The molecule has 0 radical (unpaired) electrons. The Bertz CT molecular complexity index is 79.1. The SMILES string of the molecule is OCC1CCC(O)NC1. The smallest absolute Gasteiger partial charge is 0.104 e. The molecular weight excluding hydrogens is 118 g/mol. The van der Waals surface area contributed by atoms with Gasteiger partial charge in [-0.1, -0.05) is 0 Å². The van der Waals surface area contributed by atoms with Crippen LogP contribution in [0.1, 0.15) is 12.8 Å². The van der Waals surface area contributed by atoms with Gasteiger partial charge in [0.1, 0.15) is 6.23 Å². The quantitative estimate of drug-likeness (QED) is 0.441. The normalized spacial score (nSPS) is 36.7. The molecule has 1 fully saturated rings. The van der Waals surface area contributed by atoms with E-state index in [0.717, 1.165) is 19.4 Å². The molecule has 1 aliphatic rings. The standard InChI is InChI=1S/C6H13NO2/c8-4-5-1-2-6(9)7-3-5/h5-9H,1-4H2. The van der Waals surface area contributed by atoms with Gasteiger partial charge in [0.15, 0.2) is 0 Å². The van der Waals surface area contributed by atoms with Crippen LogP contribution >= 0.6 is 0 Å². The molecule has 0 bridgehead atoms. The Kier molecular flexibility index (Phi) is 2.45. The summed E-state index contributed by atoms with van der Waals surface area (Å²) < 4.78 is 0. The third-order valence-corrected chi connectivity index (χ3v) is 1.75. The van der Waals surface area contributed by atoms with Crippen molar-refractivity contribution in [2.75, 3.05) is 13.2 Å². The highest BCUT2D eigenvalue weighted by Crippen LogP contribution is 2.11. The molecular formula is C6H13NO2. The van der Waals surface area contributed by atoms with E-state index in [1.54, 1.807) is 0 Å². The Morgan fingerprint density at radius 1 is 1.44 bits per heavy atom. The first-order valence-electron chi connectivity index (χ1n) is 3.35. The molecule has 9 heavy (non-hydrogen) atoms. The Morgan fingerprint density at radius 3 is 2.67 bits per heavy atom. The second-order valence-corrected chi connectivity index (χ2v) is 2.55. The molecule has 1 rings (SSSR count). The maximum atomic E-state index is 8.93. The number of piperidine rings is 1. The van der Waals surface area contributed by atoms with E-state index in [-0.39, 0.29) is 12.8 Å². The molecule has 2 unspecified atom stereocenters. The molecule has 0 aromatic carbocycles. The number of hydrogen-bond acceptors (Lipinski definition) is 3. The molecule has 2 atom stereocenters. The lowest BCUT2D eigenvalue weighted by Gasteiger charge is -2.24. The van der Waals surface area contributed by atoms with Crippen molar-refractivity contribution >= 4 is 0 Å². The summed E-state index contributed by atoms with van der Waals surface area (Å²) in [6.07, 6.45) is 1.36. The maximum Gasteiger partial charge on any atom is 0.104 e. The summed E-state index contributed by atoms with van der Waals surface area (Å²) in [6.45, 7) is 0.984. The maximum absolute atomic E-state index is 8.93. The molecule has 0 aromatic heterocycles. The number of aliphatic hydroxyl groups excluding tert-OH is 2. The first-order chi connectivity index (χ1) is 4.33. The predicted octanol–water partition coefficient (Wildman–Crippen LogP) is -0.703. The number of rotatable bonds is 1. The molecule has 0 aromatic rings. The lowest BCUT2D eigenvalue weighted by atomic mass is 10.00. The predicted molar refractivity (Wildman–Crippen MR) is 33.8 cm³/mol. The Labute approximate surface area is 54.7 Å². The monoisotopic (exact) mass is 131 g/mol. The van der Waals surface area contributed by atoms with E-state index < -0.39 is 0 Å². The summed E-state index contributed by atoms with van der Waals surface area (Å²) in [4.78, 5) is 0. The molecule has 0 aliphatic carbocycles. The van der Waals surface area contributed by atoms with Gasteiger partial charge in [-0.2, -0.15) is 0 Å². The summed E-state index contributed by atoms with van der Waals surface area (Å²) in [6, 6.07) is 0. The number of aliphatic hydroxyl groups is 2. The molecule has 0 saturated carbocycles.